The van der Waals surface area contributed by atoms with Crippen LogP contribution in [0.5, 0.6) is 0 Å². The zero-order valence-corrected chi connectivity index (χ0v) is 16.3. The molecule has 3 aromatic carbocycles. The lowest BCUT2D eigenvalue weighted by Gasteiger charge is -2.05. The number of nitrogens with one attached hydrogen (secondary N) is 3. The number of aromatic amines is 1. The molecular weight excluding hydrogens is 376 g/mol. The van der Waals surface area contributed by atoms with Crippen LogP contribution in [0.25, 0.3) is 22.2 Å². The van der Waals surface area contributed by atoms with Crippen LogP contribution in [0.1, 0.15) is 22.8 Å². The third-order valence-electron chi connectivity index (χ3n) is 4.61. The molecule has 6 heteroatoms. The molecule has 6 nitrogen and oxygen atoms in total. The fourth-order valence-corrected chi connectivity index (χ4v) is 3.29. The molecule has 1 aromatic heterocycles. The molecule has 0 bridgehead atoms. The van der Waals surface area contributed by atoms with Gasteiger partial charge in [-0.15, -0.1) is 0 Å². The summed E-state index contributed by atoms with van der Waals surface area (Å²) in [7, 11) is 0. The van der Waals surface area contributed by atoms with E-state index in [4.69, 9.17) is 0 Å². The Balaban J connectivity index is 1.60. The zero-order valence-electron chi connectivity index (χ0n) is 16.3. The van der Waals surface area contributed by atoms with Gasteiger partial charge >= 0.3 is 0 Å². The molecule has 0 spiro atoms. The molecule has 0 aliphatic heterocycles. The largest absolute Gasteiger partial charge is 0.354 e. The van der Waals surface area contributed by atoms with Crippen molar-refractivity contribution >= 4 is 34.6 Å². The van der Waals surface area contributed by atoms with E-state index < -0.39 is 0 Å². The predicted octanol–water partition coefficient (Wildman–Crippen LogP) is 4.56. The molecule has 0 fully saturated rings. The molecule has 1 heterocycles. The second-order valence-corrected chi connectivity index (χ2v) is 6.79. The summed E-state index contributed by atoms with van der Waals surface area (Å²) in [6, 6.07) is 24.6. The molecule has 0 radical (unpaired) electrons. The van der Waals surface area contributed by atoms with E-state index in [2.05, 4.69) is 20.8 Å². The Hall–Kier alpha value is -4.19. The van der Waals surface area contributed by atoms with E-state index in [-0.39, 0.29) is 11.8 Å². The molecule has 0 unspecified atom stereocenters. The molecular formula is C24H20N4O2. The summed E-state index contributed by atoms with van der Waals surface area (Å²) < 4.78 is 0. The molecule has 4 rings (SSSR count). The minimum absolute atomic E-state index is 0.196. The standard InChI is InChI=1S/C24H20N4O2/c1-16(29)26-19-11-7-10-18(14-19)24(30)28-25-15-21-20-12-5-6-13-22(20)27-23(21)17-8-3-2-4-9-17/h2-15,27H,1H3,(H,26,29)(H,28,30)/b25-15-. The van der Waals surface area contributed by atoms with Gasteiger partial charge in [0.1, 0.15) is 0 Å². The summed E-state index contributed by atoms with van der Waals surface area (Å²) in [5.74, 6) is -0.557. The number of hydrazone groups is 1. The first-order valence-electron chi connectivity index (χ1n) is 9.49. The van der Waals surface area contributed by atoms with E-state index in [1.54, 1.807) is 30.5 Å². The van der Waals surface area contributed by atoms with Crippen LogP contribution in [-0.4, -0.2) is 23.0 Å². The Morgan fingerprint density at radius 2 is 1.70 bits per heavy atom. The van der Waals surface area contributed by atoms with Gasteiger partial charge in [0.25, 0.3) is 5.91 Å². The van der Waals surface area contributed by atoms with E-state index in [1.807, 2.05) is 54.6 Å². The number of carbonyl (C=O) groups is 2. The van der Waals surface area contributed by atoms with Gasteiger partial charge in [0.2, 0.25) is 5.91 Å². The van der Waals surface area contributed by atoms with Crippen LogP contribution >= 0.6 is 0 Å². The summed E-state index contributed by atoms with van der Waals surface area (Å²) in [5.41, 5.74) is 7.38. The number of carbonyl (C=O) groups excluding carboxylic acids is 2. The third-order valence-corrected chi connectivity index (χ3v) is 4.61. The predicted molar refractivity (Wildman–Crippen MR) is 120 cm³/mol. The van der Waals surface area contributed by atoms with Crippen molar-refractivity contribution in [2.45, 2.75) is 6.92 Å². The van der Waals surface area contributed by atoms with Crippen molar-refractivity contribution in [2.24, 2.45) is 5.10 Å². The molecule has 0 aliphatic carbocycles. The van der Waals surface area contributed by atoms with Crippen LogP contribution in [0, 0.1) is 0 Å². The maximum atomic E-state index is 12.5. The average Bonchev–Trinajstić information content (AvgIpc) is 3.13. The van der Waals surface area contributed by atoms with Gasteiger partial charge < -0.3 is 10.3 Å². The maximum Gasteiger partial charge on any atom is 0.271 e. The highest BCUT2D eigenvalue weighted by Crippen LogP contribution is 2.28. The van der Waals surface area contributed by atoms with E-state index in [0.29, 0.717) is 11.3 Å². The lowest BCUT2D eigenvalue weighted by Crippen LogP contribution is -2.18. The summed E-state index contributed by atoms with van der Waals surface area (Å²) in [6.07, 6.45) is 1.65. The molecule has 148 valence electrons. The maximum absolute atomic E-state index is 12.5. The Kier molecular flexibility index (Phi) is 5.39. The van der Waals surface area contributed by atoms with E-state index in [9.17, 15) is 9.59 Å². The second kappa shape index (κ2) is 8.45. The first kappa shape index (κ1) is 19.1. The van der Waals surface area contributed by atoms with Crippen molar-refractivity contribution in [3.63, 3.8) is 0 Å². The molecule has 0 aliphatic rings. The van der Waals surface area contributed by atoms with Gasteiger partial charge in [-0.05, 0) is 29.8 Å². The topological polar surface area (TPSA) is 86.3 Å². The van der Waals surface area contributed by atoms with Gasteiger partial charge in [-0.25, -0.2) is 5.43 Å². The number of aromatic nitrogens is 1. The van der Waals surface area contributed by atoms with Gasteiger partial charge in [-0.1, -0.05) is 54.6 Å². The molecule has 0 atom stereocenters. The fraction of sp³-hybridized carbons (Fsp3) is 0.0417. The number of hydrogen-bond donors (Lipinski definition) is 3. The summed E-state index contributed by atoms with van der Waals surface area (Å²) in [5, 5.41) is 7.86. The van der Waals surface area contributed by atoms with Crippen LogP contribution < -0.4 is 10.7 Å². The number of fused-ring (bicyclic) bond motifs is 1. The molecule has 4 aromatic rings. The summed E-state index contributed by atoms with van der Waals surface area (Å²) in [4.78, 5) is 27.1. The van der Waals surface area contributed by atoms with E-state index in [1.165, 1.54) is 6.92 Å². The third kappa shape index (κ3) is 4.12. The SMILES string of the molecule is CC(=O)Nc1cccc(C(=O)N/N=C\c2c(-c3ccccc3)[nH]c3ccccc23)c1. The number of benzene rings is 3. The fourth-order valence-electron chi connectivity index (χ4n) is 3.29. The average molecular weight is 396 g/mol. The van der Waals surface area contributed by atoms with Crippen LogP contribution in [0.4, 0.5) is 5.69 Å². The van der Waals surface area contributed by atoms with Gasteiger partial charge in [0.15, 0.2) is 0 Å². The molecule has 2 amide bonds. The zero-order chi connectivity index (χ0) is 20.9. The van der Waals surface area contributed by atoms with Crippen LogP contribution in [0.3, 0.4) is 0 Å². The number of anilines is 1. The Bertz CT molecular complexity index is 1240. The molecule has 0 saturated heterocycles. The van der Waals surface area contributed by atoms with Crippen LogP contribution in [-0.2, 0) is 4.79 Å². The van der Waals surface area contributed by atoms with E-state index >= 15 is 0 Å². The van der Waals surface area contributed by atoms with Crippen molar-refractivity contribution in [2.75, 3.05) is 5.32 Å². The number of para-hydroxylation sites is 1. The monoisotopic (exact) mass is 396 g/mol. The second-order valence-electron chi connectivity index (χ2n) is 6.79. The highest BCUT2D eigenvalue weighted by Gasteiger charge is 2.11. The molecule has 30 heavy (non-hydrogen) atoms. The van der Waals surface area contributed by atoms with Crippen molar-refractivity contribution in [3.05, 3.63) is 90.0 Å². The van der Waals surface area contributed by atoms with Gasteiger partial charge in [0, 0.05) is 34.6 Å². The van der Waals surface area contributed by atoms with Gasteiger partial charge in [-0.2, -0.15) is 5.10 Å². The van der Waals surface area contributed by atoms with Crippen LogP contribution in [0.2, 0.25) is 0 Å². The van der Waals surface area contributed by atoms with Crippen molar-refractivity contribution in [1.82, 2.24) is 10.4 Å². The molecule has 0 saturated carbocycles. The Labute approximate surface area is 173 Å². The number of nitrogens with zero attached hydrogens (tertiary/aromatic N) is 1. The Morgan fingerprint density at radius 3 is 2.50 bits per heavy atom. The first-order valence-corrected chi connectivity index (χ1v) is 9.49. The van der Waals surface area contributed by atoms with E-state index in [0.717, 1.165) is 27.7 Å². The smallest absolute Gasteiger partial charge is 0.271 e. The quantitative estimate of drug-likeness (QED) is 0.341. The summed E-state index contributed by atoms with van der Waals surface area (Å²) >= 11 is 0. The lowest BCUT2D eigenvalue weighted by atomic mass is 10.1. The van der Waals surface area contributed by atoms with Crippen molar-refractivity contribution in [1.29, 1.82) is 0 Å². The Morgan fingerprint density at radius 1 is 0.933 bits per heavy atom. The number of H-pyrrole nitrogens is 1. The minimum atomic E-state index is -0.362. The van der Waals surface area contributed by atoms with Crippen molar-refractivity contribution in [3.8, 4) is 11.3 Å². The number of hydrogen-bond acceptors (Lipinski definition) is 3. The normalized spacial score (nSPS) is 11.0. The first-order chi connectivity index (χ1) is 14.6. The highest BCUT2D eigenvalue weighted by atomic mass is 16.2. The number of amides is 2. The van der Waals surface area contributed by atoms with Crippen LogP contribution in [0.15, 0.2) is 84.0 Å². The summed E-state index contributed by atoms with van der Waals surface area (Å²) in [6.45, 7) is 1.42. The minimum Gasteiger partial charge on any atom is -0.354 e. The van der Waals surface area contributed by atoms with Crippen molar-refractivity contribution < 1.29 is 9.59 Å². The highest BCUT2D eigenvalue weighted by molar-refractivity contribution is 6.06. The van der Waals surface area contributed by atoms with Gasteiger partial charge in [-0.3, -0.25) is 9.59 Å². The van der Waals surface area contributed by atoms with Gasteiger partial charge in [0.05, 0.1) is 11.9 Å². The number of rotatable bonds is 5. The molecule has 3 N–H and O–H groups in total. The lowest BCUT2D eigenvalue weighted by molar-refractivity contribution is -0.114.